The fourth-order valence-electron chi connectivity index (χ4n) is 1.12. The zero-order valence-electron chi connectivity index (χ0n) is 8.16. The monoisotopic (exact) mass is 192 g/mol. The van der Waals surface area contributed by atoms with Crippen molar-refractivity contribution in [3.63, 3.8) is 0 Å². The minimum Gasteiger partial charge on any atom is -0.382 e. The molecular weight excluding hydrogens is 180 g/mol. The fourth-order valence-corrected chi connectivity index (χ4v) is 1.12. The lowest BCUT2D eigenvalue weighted by atomic mass is 10.2. The van der Waals surface area contributed by atoms with E-state index in [0.717, 1.165) is 0 Å². The van der Waals surface area contributed by atoms with Crippen molar-refractivity contribution in [2.24, 2.45) is 0 Å². The van der Waals surface area contributed by atoms with E-state index in [1.165, 1.54) is 4.90 Å². The van der Waals surface area contributed by atoms with Crippen LogP contribution in [0.4, 0.5) is 5.82 Å². The lowest BCUT2D eigenvalue weighted by Crippen LogP contribution is -2.27. The van der Waals surface area contributed by atoms with Crippen molar-refractivity contribution >= 4 is 11.7 Å². The number of carbonyl (C=O) groups is 1. The molecule has 0 fully saturated rings. The highest BCUT2D eigenvalue weighted by Crippen LogP contribution is 2.13. The Labute approximate surface area is 82.3 Å². The van der Waals surface area contributed by atoms with Gasteiger partial charge in [-0.3, -0.25) is 9.89 Å². The molecule has 0 spiro atoms. The molecule has 0 aromatic carbocycles. The zero-order valence-corrected chi connectivity index (χ0v) is 8.16. The Morgan fingerprint density at radius 3 is 2.86 bits per heavy atom. The fraction of sp³-hybridized carbons (Fsp3) is 0.333. The van der Waals surface area contributed by atoms with Crippen LogP contribution in [-0.2, 0) is 0 Å². The summed E-state index contributed by atoms with van der Waals surface area (Å²) in [7, 11) is 1.62. The van der Waals surface area contributed by atoms with Gasteiger partial charge in [0.15, 0.2) is 5.82 Å². The van der Waals surface area contributed by atoms with Crippen molar-refractivity contribution in [2.75, 3.05) is 19.3 Å². The number of aromatic amines is 1. The summed E-state index contributed by atoms with van der Waals surface area (Å²) in [6.45, 7) is 1.99. The summed E-state index contributed by atoms with van der Waals surface area (Å²) in [5.74, 6) is 2.37. The molecule has 0 atom stereocenters. The van der Waals surface area contributed by atoms with Crippen LogP contribution in [0, 0.1) is 19.3 Å². The van der Waals surface area contributed by atoms with E-state index >= 15 is 0 Å². The number of rotatable bonds is 2. The number of amides is 1. The molecule has 14 heavy (non-hydrogen) atoms. The topological polar surface area (TPSA) is 75.0 Å². The van der Waals surface area contributed by atoms with Crippen LogP contribution in [-0.4, -0.2) is 34.6 Å². The van der Waals surface area contributed by atoms with Crippen molar-refractivity contribution in [3.05, 3.63) is 11.3 Å². The highest BCUT2D eigenvalue weighted by atomic mass is 16.2. The third-order valence-corrected chi connectivity index (χ3v) is 1.86. The minimum atomic E-state index is -0.216. The van der Waals surface area contributed by atoms with Crippen molar-refractivity contribution < 1.29 is 4.79 Å². The molecule has 1 heterocycles. The number of terminal acetylenes is 1. The predicted molar refractivity (Wildman–Crippen MR) is 53.5 cm³/mol. The van der Waals surface area contributed by atoms with E-state index in [9.17, 15) is 4.79 Å². The normalized spacial score (nSPS) is 9.50. The molecule has 0 aliphatic rings. The van der Waals surface area contributed by atoms with Gasteiger partial charge in [0.1, 0.15) is 5.56 Å². The minimum absolute atomic E-state index is 0.205. The summed E-state index contributed by atoms with van der Waals surface area (Å²) in [4.78, 5) is 13.1. The van der Waals surface area contributed by atoms with Crippen LogP contribution in [0.3, 0.4) is 0 Å². The number of hydrogen-bond donors (Lipinski definition) is 2. The first kappa shape index (κ1) is 10.1. The number of carbonyl (C=O) groups excluding carboxylic acids is 1. The van der Waals surface area contributed by atoms with Gasteiger partial charge in [-0.2, -0.15) is 5.10 Å². The van der Waals surface area contributed by atoms with Crippen molar-refractivity contribution in [1.82, 2.24) is 15.1 Å². The molecule has 5 heteroatoms. The second kappa shape index (κ2) is 3.83. The molecule has 0 saturated heterocycles. The summed E-state index contributed by atoms with van der Waals surface area (Å²) in [5, 5.41) is 6.37. The van der Waals surface area contributed by atoms with Gasteiger partial charge in [-0.05, 0) is 6.92 Å². The molecule has 1 aromatic rings. The number of anilines is 1. The van der Waals surface area contributed by atoms with Gasteiger partial charge in [0.05, 0.1) is 6.54 Å². The first-order valence-electron chi connectivity index (χ1n) is 4.07. The molecule has 3 N–H and O–H groups in total. The molecule has 74 valence electrons. The molecule has 1 rings (SSSR count). The quantitative estimate of drug-likeness (QED) is 0.648. The summed E-state index contributed by atoms with van der Waals surface area (Å²) in [5.41, 5.74) is 6.58. The summed E-state index contributed by atoms with van der Waals surface area (Å²) >= 11 is 0. The van der Waals surface area contributed by atoms with Crippen LogP contribution in [0.2, 0.25) is 0 Å². The van der Waals surface area contributed by atoms with Gasteiger partial charge in [0.2, 0.25) is 0 Å². The van der Waals surface area contributed by atoms with E-state index in [1.807, 2.05) is 0 Å². The maximum absolute atomic E-state index is 11.7. The first-order valence-corrected chi connectivity index (χ1v) is 4.07. The van der Waals surface area contributed by atoms with Gasteiger partial charge in [0.25, 0.3) is 5.91 Å². The number of aryl methyl sites for hydroxylation is 1. The molecule has 0 aliphatic carbocycles. The first-order chi connectivity index (χ1) is 6.57. The van der Waals surface area contributed by atoms with Gasteiger partial charge >= 0.3 is 0 Å². The van der Waals surface area contributed by atoms with Crippen LogP contribution in [0.5, 0.6) is 0 Å². The third kappa shape index (κ3) is 1.69. The van der Waals surface area contributed by atoms with E-state index < -0.39 is 0 Å². The number of H-pyrrole nitrogens is 1. The number of nitrogen functional groups attached to an aromatic ring is 1. The third-order valence-electron chi connectivity index (χ3n) is 1.86. The predicted octanol–water partition coefficient (Wildman–Crippen LogP) is 0.00552. The van der Waals surface area contributed by atoms with Gasteiger partial charge in [-0.25, -0.2) is 0 Å². The summed E-state index contributed by atoms with van der Waals surface area (Å²) < 4.78 is 0. The molecule has 0 unspecified atom stereocenters. The molecular formula is C9H12N4O. The number of aromatic nitrogens is 2. The molecule has 0 radical (unpaired) electrons. The Morgan fingerprint density at radius 2 is 2.43 bits per heavy atom. The maximum Gasteiger partial charge on any atom is 0.260 e. The van der Waals surface area contributed by atoms with Gasteiger partial charge in [0, 0.05) is 12.7 Å². The lowest BCUT2D eigenvalue weighted by molar-refractivity contribution is 0.0813. The lowest BCUT2D eigenvalue weighted by Gasteiger charge is -2.13. The van der Waals surface area contributed by atoms with Crippen LogP contribution in [0.15, 0.2) is 0 Å². The average molecular weight is 192 g/mol. The van der Waals surface area contributed by atoms with Crippen LogP contribution in [0.25, 0.3) is 0 Å². The standard InChI is InChI=1S/C9H12N4O/c1-4-5-13(3)9(14)7-6(2)11-12-8(7)10/h1H,5H2,2-3H3,(H3,10,11,12). The SMILES string of the molecule is C#CCN(C)C(=O)c1c(N)n[nH]c1C. The highest BCUT2D eigenvalue weighted by Gasteiger charge is 2.18. The van der Waals surface area contributed by atoms with Gasteiger partial charge < -0.3 is 10.6 Å². The van der Waals surface area contributed by atoms with Crippen LogP contribution in [0.1, 0.15) is 16.1 Å². The zero-order chi connectivity index (χ0) is 10.7. The van der Waals surface area contributed by atoms with Crippen LogP contribution >= 0.6 is 0 Å². The van der Waals surface area contributed by atoms with Crippen molar-refractivity contribution in [3.8, 4) is 12.3 Å². The Morgan fingerprint density at radius 1 is 1.79 bits per heavy atom. The smallest absolute Gasteiger partial charge is 0.260 e. The largest absolute Gasteiger partial charge is 0.382 e. The highest BCUT2D eigenvalue weighted by molar-refractivity contribution is 5.99. The van der Waals surface area contributed by atoms with E-state index in [4.69, 9.17) is 12.2 Å². The Hall–Kier alpha value is -1.96. The molecule has 5 nitrogen and oxygen atoms in total. The van der Waals surface area contributed by atoms with Crippen molar-refractivity contribution in [2.45, 2.75) is 6.92 Å². The average Bonchev–Trinajstić information content (AvgIpc) is 2.46. The molecule has 0 saturated carbocycles. The Balaban J connectivity index is 2.95. The van der Waals surface area contributed by atoms with Gasteiger partial charge in [-0.1, -0.05) is 5.92 Å². The summed E-state index contributed by atoms with van der Waals surface area (Å²) in [6.07, 6.45) is 5.10. The molecule has 1 amide bonds. The Bertz CT molecular complexity index is 369. The number of nitrogens with two attached hydrogens (primary N) is 1. The van der Waals surface area contributed by atoms with Gasteiger partial charge in [-0.15, -0.1) is 6.42 Å². The summed E-state index contributed by atoms with van der Waals surface area (Å²) in [6, 6.07) is 0. The number of hydrogen-bond acceptors (Lipinski definition) is 3. The Kier molecular flexibility index (Phi) is 2.77. The number of nitrogens with one attached hydrogen (secondary N) is 1. The van der Waals surface area contributed by atoms with E-state index in [2.05, 4.69) is 16.1 Å². The van der Waals surface area contributed by atoms with E-state index in [0.29, 0.717) is 11.3 Å². The second-order valence-electron chi connectivity index (χ2n) is 2.97. The number of nitrogens with zero attached hydrogens (tertiary/aromatic N) is 2. The maximum atomic E-state index is 11.7. The van der Waals surface area contributed by atoms with Crippen molar-refractivity contribution in [1.29, 1.82) is 0 Å². The van der Waals surface area contributed by atoms with Crippen LogP contribution < -0.4 is 5.73 Å². The van der Waals surface area contributed by atoms with E-state index in [1.54, 1.807) is 14.0 Å². The molecule has 0 aliphatic heterocycles. The van der Waals surface area contributed by atoms with E-state index in [-0.39, 0.29) is 18.3 Å². The molecule has 0 bridgehead atoms. The second-order valence-corrected chi connectivity index (χ2v) is 2.97. The molecule has 1 aromatic heterocycles.